The molecule has 0 bridgehead atoms. The Morgan fingerprint density at radius 1 is 1.08 bits per heavy atom. The molecular formula is C29H38N5OS2+. The van der Waals surface area contributed by atoms with Crippen molar-refractivity contribution in [2.75, 3.05) is 6.54 Å². The SMILES string of the molecule is Cc1cc(SC(c2ccc(C(=O)NCC(N=[NH2+])=NN)s2)C(C)C)cc(C)c1-c1ccc(C(C)(C)C)cc1. The monoisotopic (exact) mass is 536 g/mol. The molecule has 0 saturated carbocycles. The number of nitrogens with zero attached hydrogens (tertiary/aromatic N) is 2. The first-order chi connectivity index (χ1) is 17.4. The average molecular weight is 537 g/mol. The highest BCUT2D eigenvalue weighted by atomic mass is 32.2. The number of benzene rings is 2. The Hall–Kier alpha value is -2.97. The molecule has 1 unspecified atom stereocenters. The number of hydrogen-bond donors (Lipinski definition) is 3. The molecule has 1 heterocycles. The summed E-state index contributed by atoms with van der Waals surface area (Å²) in [5, 5.41) is 9.86. The summed E-state index contributed by atoms with van der Waals surface area (Å²) < 4.78 is 0. The minimum Gasteiger partial charge on any atom is -0.344 e. The van der Waals surface area contributed by atoms with E-state index in [0.29, 0.717) is 10.8 Å². The highest BCUT2D eigenvalue weighted by Crippen LogP contribution is 2.45. The molecule has 0 radical (unpaired) electrons. The van der Waals surface area contributed by atoms with Crippen molar-refractivity contribution in [2.24, 2.45) is 22.0 Å². The highest BCUT2D eigenvalue weighted by Gasteiger charge is 2.22. The molecule has 196 valence electrons. The second-order valence-corrected chi connectivity index (χ2v) is 12.9. The molecule has 1 atom stereocenters. The van der Waals surface area contributed by atoms with Crippen LogP contribution in [-0.2, 0) is 5.41 Å². The number of nitrogens with two attached hydrogens (primary N) is 2. The molecule has 0 spiro atoms. The maximum atomic E-state index is 12.6. The van der Waals surface area contributed by atoms with Gasteiger partial charge in [0, 0.05) is 20.1 Å². The molecular weight excluding hydrogens is 498 g/mol. The summed E-state index contributed by atoms with van der Waals surface area (Å²) in [7, 11) is 0. The highest BCUT2D eigenvalue weighted by molar-refractivity contribution is 7.99. The summed E-state index contributed by atoms with van der Waals surface area (Å²) in [6, 6.07) is 17.4. The number of nitrogens with one attached hydrogen (secondary N) is 1. The van der Waals surface area contributed by atoms with Crippen LogP contribution in [0, 0.1) is 19.8 Å². The molecule has 6 nitrogen and oxygen atoms in total. The van der Waals surface area contributed by atoms with Gasteiger partial charge < -0.3 is 11.2 Å². The standard InChI is InChI=1S/C29H37N5OS2/c1-17(2)27(23-12-13-24(37-23)28(35)32-16-25(33-30)34-31)36-22-14-18(3)26(19(4)15-22)20-8-10-21(11-9-20)29(5,6)7/h8-15,17,27,30H,16,31H2,1-7H3,(H,32,35)/p+1. The minimum atomic E-state index is -0.193. The van der Waals surface area contributed by atoms with E-state index in [1.165, 1.54) is 48.9 Å². The number of aryl methyl sites for hydroxylation is 2. The van der Waals surface area contributed by atoms with Crippen LogP contribution in [0.5, 0.6) is 0 Å². The fourth-order valence-electron chi connectivity index (χ4n) is 4.25. The smallest absolute Gasteiger partial charge is 0.261 e. The van der Waals surface area contributed by atoms with Gasteiger partial charge in [0.1, 0.15) is 0 Å². The van der Waals surface area contributed by atoms with Gasteiger partial charge in [0.25, 0.3) is 5.91 Å². The predicted octanol–water partition coefficient (Wildman–Crippen LogP) is 6.03. The van der Waals surface area contributed by atoms with Crippen molar-refractivity contribution in [2.45, 2.75) is 64.0 Å². The lowest BCUT2D eigenvalue weighted by molar-refractivity contribution is -0.207. The van der Waals surface area contributed by atoms with Crippen molar-refractivity contribution < 1.29 is 10.3 Å². The van der Waals surface area contributed by atoms with Gasteiger partial charge in [-0.05, 0) is 77.3 Å². The first-order valence-corrected chi connectivity index (χ1v) is 14.1. The molecule has 2 aromatic carbocycles. The van der Waals surface area contributed by atoms with Gasteiger partial charge in [-0.1, -0.05) is 58.9 Å². The van der Waals surface area contributed by atoms with Crippen LogP contribution in [0.15, 0.2) is 63.6 Å². The third-order valence-corrected chi connectivity index (χ3v) is 9.13. The van der Waals surface area contributed by atoms with Crippen molar-refractivity contribution in [1.82, 2.24) is 5.32 Å². The Balaban J connectivity index is 1.81. The first kappa shape index (κ1) is 28.6. The van der Waals surface area contributed by atoms with Gasteiger partial charge in [0.2, 0.25) is 5.84 Å². The van der Waals surface area contributed by atoms with Crippen molar-refractivity contribution in [1.29, 1.82) is 0 Å². The predicted molar refractivity (Wildman–Crippen MR) is 156 cm³/mol. The van der Waals surface area contributed by atoms with Crippen LogP contribution in [0.2, 0.25) is 0 Å². The summed E-state index contributed by atoms with van der Waals surface area (Å²) in [5.74, 6) is 5.58. The molecule has 0 aliphatic rings. The van der Waals surface area contributed by atoms with Crippen molar-refractivity contribution in [3.8, 4) is 11.1 Å². The van der Waals surface area contributed by atoms with Gasteiger partial charge in [-0.15, -0.1) is 23.1 Å². The molecule has 37 heavy (non-hydrogen) atoms. The lowest BCUT2D eigenvalue weighted by Gasteiger charge is -2.22. The zero-order valence-corrected chi connectivity index (χ0v) is 24.4. The van der Waals surface area contributed by atoms with Crippen LogP contribution in [0.1, 0.15) is 71.1 Å². The van der Waals surface area contributed by atoms with E-state index in [-0.39, 0.29) is 29.0 Å². The third kappa shape index (κ3) is 7.08. The molecule has 0 aliphatic carbocycles. The zero-order chi connectivity index (χ0) is 27.3. The summed E-state index contributed by atoms with van der Waals surface area (Å²) in [6.45, 7) is 15.6. The maximum Gasteiger partial charge on any atom is 0.261 e. The van der Waals surface area contributed by atoms with Crippen LogP contribution < -0.4 is 16.7 Å². The number of hydrazone groups is 1. The number of carbonyl (C=O) groups is 1. The average Bonchev–Trinajstić information content (AvgIpc) is 3.32. The van der Waals surface area contributed by atoms with Crippen LogP contribution in [0.25, 0.3) is 11.1 Å². The van der Waals surface area contributed by atoms with Gasteiger partial charge >= 0.3 is 0 Å². The largest absolute Gasteiger partial charge is 0.344 e. The number of amidine groups is 1. The fourth-order valence-corrected chi connectivity index (χ4v) is 6.87. The molecule has 3 aromatic rings. The molecule has 0 saturated heterocycles. The molecule has 1 aromatic heterocycles. The lowest BCUT2D eigenvalue weighted by Crippen LogP contribution is -2.34. The molecule has 1 amide bonds. The zero-order valence-electron chi connectivity index (χ0n) is 22.8. The summed E-state index contributed by atoms with van der Waals surface area (Å²) >= 11 is 3.36. The van der Waals surface area contributed by atoms with Gasteiger partial charge in [0.05, 0.1) is 11.4 Å². The van der Waals surface area contributed by atoms with Gasteiger partial charge in [-0.2, -0.15) is 10.6 Å². The Labute approximate surface area is 228 Å². The number of rotatable bonds is 8. The van der Waals surface area contributed by atoms with Crippen LogP contribution in [0.3, 0.4) is 0 Å². The summed E-state index contributed by atoms with van der Waals surface area (Å²) in [4.78, 5) is 15.6. The van der Waals surface area contributed by atoms with E-state index in [1.54, 1.807) is 0 Å². The maximum absolute atomic E-state index is 12.6. The van der Waals surface area contributed by atoms with E-state index >= 15 is 0 Å². The Morgan fingerprint density at radius 3 is 2.22 bits per heavy atom. The van der Waals surface area contributed by atoms with Crippen molar-refractivity contribution >= 4 is 34.8 Å². The normalized spacial score (nSPS) is 13.0. The van der Waals surface area contributed by atoms with E-state index in [1.807, 2.05) is 23.9 Å². The number of hydrogen-bond acceptors (Lipinski definition) is 5. The Kier molecular flexibility index (Phi) is 9.31. The van der Waals surface area contributed by atoms with Gasteiger partial charge in [0.15, 0.2) is 0 Å². The van der Waals surface area contributed by atoms with Gasteiger partial charge in [-0.25, -0.2) is 0 Å². The summed E-state index contributed by atoms with van der Waals surface area (Å²) in [5.41, 5.74) is 11.8. The van der Waals surface area contributed by atoms with Crippen LogP contribution in [0.4, 0.5) is 0 Å². The first-order valence-electron chi connectivity index (χ1n) is 12.4. The number of amides is 1. The number of thioether (sulfide) groups is 1. The molecule has 5 N–H and O–H groups in total. The van der Waals surface area contributed by atoms with E-state index in [9.17, 15) is 4.79 Å². The van der Waals surface area contributed by atoms with Crippen LogP contribution in [-0.4, -0.2) is 18.3 Å². The number of carbonyl (C=O) groups excluding carboxylic acids is 1. The second-order valence-electron chi connectivity index (χ2n) is 10.6. The van der Waals surface area contributed by atoms with Crippen molar-refractivity contribution in [3.63, 3.8) is 0 Å². The van der Waals surface area contributed by atoms with Crippen LogP contribution >= 0.6 is 23.1 Å². The minimum absolute atomic E-state index is 0.0886. The third-order valence-electron chi connectivity index (χ3n) is 6.25. The Bertz CT molecular complexity index is 1260. The number of thiophene rings is 1. The fraction of sp³-hybridized carbons (Fsp3) is 0.379. The molecule has 8 heteroatoms. The second kappa shape index (κ2) is 12.0. The van der Waals surface area contributed by atoms with E-state index in [4.69, 9.17) is 11.4 Å². The van der Waals surface area contributed by atoms with E-state index in [0.717, 1.165) is 0 Å². The molecule has 0 fully saturated rings. The summed E-state index contributed by atoms with van der Waals surface area (Å²) in [6.07, 6.45) is 0. The van der Waals surface area contributed by atoms with E-state index < -0.39 is 0 Å². The van der Waals surface area contributed by atoms with E-state index in [2.05, 4.69) is 100 Å². The molecule has 3 rings (SSSR count). The van der Waals surface area contributed by atoms with Gasteiger partial charge in [-0.3, -0.25) is 4.79 Å². The topological polar surface area (TPSA) is 105 Å². The lowest BCUT2D eigenvalue weighted by atomic mass is 9.85. The van der Waals surface area contributed by atoms with Crippen molar-refractivity contribution in [3.05, 3.63) is 75.0 Å². The molecule has 0 aliphatic heterocycles. The Morgan fingerprint density at radius 2 is 1.70 bits per heavy atom. The quantitative estimate of drug-likeness (QED) is 0.0817.